The van der Waals surface area contributed by atoms with Gasteiger partial charge in [-0.3, -0.25) is 14.4 Å². The van der Waals surface area contributed by atoms with Crippen molar-refractivity contribution in [1.82, 2.24) is 0 Å². The summed E-state index contributed by atoms with van der Waals surface area (Å²) >= 11 is 0. The molecule has 0 aromatic carbocycles. The Kier molecular flexibility index (Phi) is 44.6. The summed E-state index contributed by atoms with van der Waals surface area (Å²) in [7, 11) is 0. The zero-order valence-corrected chi connectivity index (χ0v) is 38.4. The molecule has 0 aliphatic carbocycles. The first-order chi connectivity index (χ1) is 29.5. The molecule has 6 nitrogen and oxygen atoms in total. The van der Waals surface area contributed by atoms with Gasteiger partial charge in [0.25, 0.3) is 0 Å². The lowest BCUT2D eigenvalue weighted by Crippen LogP contribution is -2.30. The number of unbranched alkanes of at least 4 members (excludes halogenated alkanes) is 18. The van der Waals surface area contributed by atoms with Gasteiger partial charge in [0.15, 0.2) is 6.10 Å². The maximum atomic E-state index is 12.7. The molecule has 0 N–H and O–H groups in total. The van der Waals surface area contributed by atoms with E-state index in [1.54, 1.807) is 0 Å². The Labute approximate surface area is 368 Å². The van der Waals surface area contributed by atoms with E-state index in [2.05, 4.69) is 57.2 Å². The first kappa shape index (κ1) is 56.1. The van der Waals surface area contributed by atoms with Gasteiger partial charge in [0.2, 0.25) is 0 Å². The van der Waals surface area contributed by atoms with Gasteiger partial charge < -0.3 is 14.2 Å². The normalized spacial score (nSPS) is 13.1. The van der Waals surface area contributed by atoms with Gasteiger partial charge in [-0.25, -0.2) is 0 Å². The molecule has 0 aliphatic rings. The molecular weight excluding hydrogens is 745 g/mol. The van der Waals surface area contributed by atoms with Crippen LogP contribution >= 0.6 is 0 Å². The number of esters is 3. The van der Waals surface area contributed by atoms with Gasteiger partial charge in [-0.1, -0.05) is 201 Å². The molecule has 0 saturated heterocycles. The van der Waals surface area contributed by atoms with Crippen molar-refractivity contribution in [1.29, 1.82) is 0 Å². The highest BCUT2D eigenvalue weighted by Gasteiger charge is 2.19. The third-order valence-electron chi connectivity index (χ3n) is 9.68. The minimum Gasteiger partial charge on any atom is -0.462 e. The second-order valence-electron chi connectivity index (χ2n) is 15.5. The first-order valence-electron chi connectivity index (χ1n) is 24.0. The van der Waals surface area contributed by atoms with Crippen LogP contribution in [0.15, 0.2) is 109 Å². The molecule has 0 aromatic heterocycles. The van der Waals surface area contributed by atoms with Crippen LogP contribution in [0, 0.1) is 0 Å². The molecule has 1 atom stereocenters. The van der Waals surface area contributed by atoms with Crippen molar-refractivity contribution in [2.45, 2.75) is 200 Å². The molecule has 0 fully saturated rings. The van der Waals surface area contributed by atoms with Crippen molar-refractivity contribution < 1.29 is 28.6 Å². The van der Waals surface area contributed by atoms with Gasteiger partial charge in [-0.15, -0.1) is 0 Å². The monoisotopic (exact) mass is 831 g/mol. The van der Waals surface area contributed by atoms with E-state index in [9.17, 15) is 14.4 Å². The summed E-state index contributed by atoms with van der Waals surface area (Å²) in [6.45, 7) is 6.35. The predicted molar refractivity (Wildman–Crippen MR) is 256 cm³/mol. The highest BCUT2D eigenvalue weighted by molar-refractivity contribution is 5.71. The predicted octanol–water partition coefficient (Wildman–Crippen LogP) is 15.6. The van der Waals surface area contributed by atoms with Gasteiger partial charge in [0.05, 0.1) is 0 Å². The van der Waals surface area contributed by atoms with Crippen molar-refractivity contribution in [3.05, 3.63) is 109 Å². The third kappa shape index (κ3) is 45.2. The molecule has 0 spiro atoms. The lowest BCUT2D eigenvalue weighted by atomic mass is 10.1. The summed E-state index contributed by atoms with van der Waals surface area (Å²) in [5.74, 6) is -1.02. The Balaban J connectivity index is 4.52. The average molecular weight is 831 g/mol. The van der Waals surface area contributed by atoms with Crippen LogP contribution < -0.4 is 0 Å². The number of hydrogen-bond donors (Lipinski definition) is 0. The van der Waals surface area contributed by atoms with E-state index in [-0.39, 0.29) is 37.5 Å². The van der Waals surface area contributed by atoms with Gasteiger partial charge in [0, 0.05) is 19.3 Å². The smallest absolute Gasteiger partial charge is 0.306 e. The van der Waals surface area contributed by atoms with Crippen LogP contribution in [0.1, 0.15) is 194 Å². The van der Waals surface area contributed by atoms with E-state index in [0.29, 0.717) is 19.3 Å². The standard InChI is InChI=1S/C54H86O6/c1-4-7-10-13-16-19-21-23-25-26-27-28-29-31-32-35-38-41-44-47-53(56)59-50-51(49-58-52(55)46-43-40-37-34-18-15-12-9-6-3)60-54(57)48-45-42-39-36-33-30-24-22-20-17-14-11-8-5-2/h7,10,13,16,19,21,23,25-34,37,51H,4-6,8-9,11-12,14-15,17-18,20,22,24,35-36,38-50H2,1-3H3/b10-7-,16-13-,21-19-,25-23-,27-26+,29-28-,32-31-,33-30-,37-34-. The third-order valence-corrected chi connectivity index (χ3v) is 9.68. The van der Waals surface area contributed by atoms with Crippen LogP contribution in [0.3, 0.4) is 0 Å². The lowest BCUT2D eigenvalue weighted by molar-refractivity contribution is -0.167. The maximum absolute atomic E-state index is 12.7. The highest BCUT2D eigenvalue weighted by atomic mass is 16.6. The zero-order valence-electron chi connectivity index (χ0n) is 38.4. The summed E-state index contributed by atoms with van der Waals surface area (Å²) in [5, 5.41) is 0. The minimum atomic E-state index is -0.815. The molecular formula is C54H86O6. The summed E-state index contributed by atoms with van der Waals surface area (Å²) in [5.41, 5.74) is 0. The Morgan fingerprint density at radius 2 is 0.683 bits per heavy atom. The number of allylic oxidation sites excluding steroid dienone is 18. The van der Waals surface area contributed by atoms with Crippen LogP contribution in [0.25, 0.3) is 0 Å². The molecule has 0 rings (SSSR count). The van der Waals surface area contributed by atoms with Gasteiger partial charge in [0.1, 0.15) is 13.2 Å². The summed E-state index contributed by atoms with van der Waals surface area (Å²) in [6.07, 6.45) is 63.6. The summed E-state index contributed by atoms with van der Waals surface area (Å²) in [4.78, 5) is 37.8. The molecule has 0 bridgehead atoms. The first-order valence-corrected chi connectivity index (χ1v) is 24.0. The molecule has 0 heterocycles. The van der Waals surface area contributed by atoms with Crippen LogP contribution in [0.2, 0.25) is 0 Å². The Hall–Kier alpha value is -3.93. The Morgan fingerprint density at radius 1 is 0.350 bits per heavy atom. The van der Waals surface area contributed by atoms with E-state index in [0.717, 1.165) is 77.0 Å². The molecule has 0 saturated carbocycles. The minimum absolute atomic E-state index is 0.117. The maximum Gasteiger partial charge on any atom is 0.306 e. The van der Waals surface area contributed by atoms with E-state index in [1.807, 2.05) is 72.9 Å². The number of ether oxygens (including phenoxy) is 3. The van der Waals surface area contributed by atoms with Crippen molar-refractivity contribution in [2.24, 2.45) is 0 Å². The molecule has 1 unspecified atom stereocenters. The van der Waals surface area contributed by atoms with Crippen LogP contribution in [-0.2, 0) is 28.6 Å². The van der Waals surface area contributed by atoms with E-state index in [4.69, 9.17) is 14.2 Å². The zero-order chi connectivity index (χ0) is 43.7. The number of hydrogen-bond acceptors (Lipinski definition) is 6. The van der Waals surface area contributed by atoms with Crippen molar-refractivity contribution in [3.63, 3.8) is 0 Å². The fourth-order valence-corrected chi connectivity index (χ4v) is 6.07. The van der Waals surface area contributed by atoms with Crippen molar-refractivity contribution >= 4 is 17.9 Å². The number of carbonyl (C=O) groups is 3. The molecule has 6 heteroatoms. The largest absolute Gasteiger partial charge is 0.462 e. The van der Waals surface area contributed by atoms with E-state index in [1.165, 1.54) is 70.6 Å². The van der Waals surface area contributed by atoms with Crippen molar-refractivity contribution in [2.75, 3.05) is 13.2 Å². The summed E-state index contributed by atoms with van der Waals surface area (Å²) < 4.78 is 16.6. The second-order valence-corrected chi connectivity index (χ2v) is 15.5. The van der Waals surface area contributed by atoms with E-state index < -0.39 is 6.10 Å². The fourth-order valence-electron chi connectivity index (χ4n) is 6.07. The molecule has 0 radical (unpaired) electrons. The quantitative estimate of drug-likeness (QED) is 0.0201. The molecule has 338 valence electrons. The fraction of sp³-hybridized carbons (Fsp3) is 0.611. The number of rotatable bonds is 41. The van der Waals surface area contributed by atoms with Gasteiger partial charge >= 0.3 is 17.9 Å². The molecule has 0 aliphatic heterocycles. The Bertz CT molecular complexity index is 1280. The molecule has 0 amide bonds. The molecule has 0 aromatic rings. The average Bonchev–Trinajstić information content (AvgIpc) is 3.24. The number of carbonyl (C=O) groups excluding carboxylic acids is 3. The topological polar surface area (TPSA) is 78.9 Å². The van der Waals surface area contributed by atoms with Gasteiger partial charge in [-0.05, 0) is 83.5 Å². The van der Waals surface area contributed by atoms with Crippen LogP contribution in [0.4, 0.5) is 0 Å². The van der Waals surface area contributed by atoms with Crippen LogP contribution in [0.5, 0.6) is 0 Å². The molecule has 60 heavy (non-hydrogen) atoms. The second kappa shape index (κ2) is 47.7. The SMILES string of the molecule is CC\C=C/C=C\C=C/C=C\C=C\C=C/C=C\CCCCCC(=O)OCC(COC(=O)CCC/C=C\CCCCCC)OC(=O)CCCCC/C=C\CCCCCCCCC. The Morgan fingerprint density at radius 3 is 1.15 bits per heavy atom. The highest BCUT2D eigenvalue weighted by Crippen LogP contribution is 2.12. The van der Waals surface area contributed by atoms with Gasteiger partial charge in [-0.2, -0.15) is 0 Å². The summed E-state index contributed by atoms with van der Waals surface area (Å²) in [6, 6.07) is 0. The van der Waals surface area contributed by atoms with Crippen LogP contribution in [-0.4, -0.2) is 37.2 Å². The van der Waals surface area contributed by atoms with E-state index >= 15 is 0 Å². The lowest BCUT2D eigenvalue weighted by Gasteiger charge is -2.18. The van der Waals surface area contributed by atoms with Crippen molar-refractivity contribution in [3.8, 4) is 0 Å².